The predicted octanol–water partition coefficient (Wildman–Crippen LogP) is 1.57. The fourth-order valence-corrected chi connectivity index (χ4v) is 4.25. The summed E-state index contributed by atoms with van der Waals surface area (Å²) >= 11 is 0. The number of aromatic nitrogens is 2. The van der Waals surface area contributed by atoms with Crippen molar-refractivity contribution in [3.05, 3.63) is 46.8 Å². The summed E-state index contributed by atoms with van der Waals surface area (Å²) in [6.45, 7) is 3.55. The van der Waals surface area contributed by atoms with Crippen LogP contribution in [0.2, 0.25) is 0 Å². The summed E-state index contributed by atoms with van der Waals surface area (Å²) in [4.78, 5) is 26.3. The second-order valence-corrected chi connectivity index (χ2v) is 7.73. The zero-order chi connectivity index (χ0) is 22.1. The molecule has 2 aliphatic heterocycles. The van der Waals surface area contributed by atoms with Crippen LogP contribution in [-0.4, -0.2) is 71.6 Å². The quantitative estimate of drug-likeness (QED) is 0.676. The molecule has 9 nitrogen and oxygen atoms in total. The Kier molecular flexibility index (Phi) is 5.69. The number of carboxylic acid groups (broad SMARTS) is 1. The molecule has 0 radical (unpaired) electrons. The average Bonchev–Trinajstić information content (AvgIpc) is 3.10. The number of rotatable bonds is 6. The van der Waals surface area contributed by atoms with E-state index in [1.807, 2.05) is 30.0 Å². The SMILES string of the molecule is COc1cc(OC)cc(-n2nc3c(c2C)C(=O)N(C2C=C(CC(=O)O)CNC2)CC3)c1. The molecule has 0 fully saturated rings. The summed E-state index contributed by atoms with van der Waals surface area (Å²) in [6, 6.07) is 5.31. The molecule has 164 valence electrons. The fourth-order valence-electron chi connectivity index (χ4n) is 4.25. The van der Waals surface area contributed by atoms with E-state index in [0.717, 1.165) is 22.6 Å². The number of aliphatic carboxylic acids is 1. The maximum absolute atomic E-state index is 13.4. The first-order chi connectivity index (χ1) is 14.9. The van der Waals surface area contributed by atoms with Crippen molar-refractivity contribution in [1.29, 1.82) is 0 Å². The van der Waals surface area contributed by atoms with Gasteiger partial charge in [0.05, 0.1) is 49.3 Å². The lowest BCUT2D eigenvalue weighted by molar-refractivity contribution is -0.136. The summed E-state index contributed by atoms with van der Waals surface area (Å²) < 4.78 is 12.5. The number of nitrogens with one attached hydrogen (secondary N) is 1. The lowest BCUT2D eigenvalue weighted by Crippen LogP contribution is -2.50. The minimum atomic E-state index is -0.869. The lowest BCUT2D eigenvalue weighted by Gasteiger charge is -2.35. The number of fused-ring (bicyclic) bond motifs is 1. The van der Waals surface area contributed by atoms with Crippen LogP contribution < -0.4 is 14.8 Å². The van der Waals surface area contributed by atoms with Crippen LogP contribution in [0.5, 0.6) is 11.5 Å². The minimum Gasteiger partial charge on any atom is -0.497 e. The zero-order valence-electron chi connectivity index (χ0n) is 17.8. The predicted molar refractivity (Wildman–Crippen MR) is 113 cm³/mol. The van der Waals surface area contributed by atoms with Crippen molar-refractivity contribution in [1.82, 2.24) is 20.0 Å². The number of amides is 1. The molecule has 1 atom stereocenters. The number of hydrogen-bond donors (Lipinski definition) is 2. The molecule has 0 saturated heterocycles. The van der Waals surface area contributed by atoms with Crippen molar-refractivity contribution >= 4 is 11.9 Å². The summed E-state index contributed by atoms with van der Waals surface area (Å²) in [5.74, 6) is 0.324. The van der Waals surface area contributed by atoms with Gasteiger partial charge in [-0.05, 0) is 12.5 Å². The van der Waals surface area contributed by atoms with Gasteiger partial charge in [0, 0.05) is 44.3 Å². The maximum Gasteiger partial charge on any atom is 0.307 e. The summed E-state index contributed by atoms with van der Waals surface area (Å²) in [7, 11) is 3.18. The van der Waals surface area contributed by atoms with E-state index in [1.165, 1.54) is 0 Å². The van der Waals surface area contributed by atoms with Crippen LogP contribution in [0.1, 0.15) is 28.2 Å². The number of methoxy groups -OCH3 is 2. The van der Waals surface area contributed by atoms with Crippen molar-refractivity contribution in [3.8, 4) is 17.2 Å². The number of ether oxygens (including phenoxy) is 2. The molecule has 9 heteroatoms. The first-order valence-corrected chi connectivity index (χ1v) is 10.2. The van der Waals surface area contributed by atoms with Crippen molar-refractivity contribution < 1.29 is 24.2 Å². The first kappa shape index (κ1) is 20.9. The molecule has 0 bridgehead atoms. The molecule has 2 aromatic rings. The second kappa shape index (κ2) is 8.43. The summed E-state index contributed by atoms with van der Waals surface area (Å²) in [5, 5.41) is 17.0. The Labute approximate surface area is 180 Å². The molecular weight excluding hydrogens is 400 g/mol. The van der Waals surface area contributed by atoms with Gasteiger partial charge >= 0.3 is 5.97 Å². The molecule has 0 spiro atoms. The van der Waals surface area contributed by atoms with Crippen LogP contribution in [0.25, 0.3) is 5.69 Å². The summed E-state index contributed by atoms with van der Waals surface area (Å²) in [6.07, 6.45) is 2.53. The molecular formula is C22H26N4O5. The highest BCUT2D eigenvalue weighted by Crippen LogP contribution is 2.30. The number of carbonyl (C=O) groups is 2. The van der Waals surface area contributed by atoms with E-state index in [1.54, 1.807) is 25.0 Å². The van der Waals surface area contributed by atoms with Crippen LogP contribution in [0.15, 0.2) is 29.8 Å². The van der Waals surface area contributed by atoms with Crippen LogP contribution in [0, 0.1) is 6.92 Å². The Bertz CT molecular complexity index is 1040. The van der Waals surface area contributed by atoms with Gasteiger partial charge in [-0.1, -0.05) is 6.08 Å². The molecule has 0 saturated carbocycles. The van der Waals surface area contributed by atoms with Gasteiger partial charge in [0.1, 0.15) is 11.5 Å². The smallest absolute Gasteiger partial charge is 0.307 e. The number of hydrogen-bond acceptors (Lipinski definition) is 6. The fraction of sp³-hybridized carbons (Fsp3) is 0.409. The van der Waals surface area contributed by atoms with E-state index in [2.05, 4.69) is 5.32 Å². The van der Waals surface area contributed by atoms with E-state index in [-0.39, 0.29) is 18.4 Å². The normalized spacial score (nSPS) is 18.4. The van der Waals surface area contributed by atoms with Gasteiger partial charge in [-0.25, -0.2) is 4.68 Å². The highest BCUT2D eigenvalue weighted by Gasteiger charge is 2.34. The standard InChI is InChI=1S/C22H26N4O5/c1-13-21-19(24-26(13)15-8-17(30-2)10-18(9-15)31-3)4-5-25(22(21)29)16-6-14(7-20(27)28)11-23-12-16/h6,8-10,16,23H,4-5,7,11-12H2,1-3H3,(H,27,28). The largest absolute Gasteiger partial charge is 0.497 e. The molecule has 1 aromatic heterocycles. The topological polar surface area (TPSA) is 106 Å². The molecule has 1 unspecified atom stereocenters. The maximum atomic E-state index is 13.4. The van der Waals surface area contributed by atoms with Crippen LogP contribution >= 0.6 is 0 Å². The Morgan fingerprint density at radius 1 is 1.26 bits per heavy atom. The van der Waals surface area contributed by atoms with Crippen molar-refractivity contribution in [2.24, 2.45) is 0 Å². The number of benzene rings is 1. The minimum absolute atomic E-state index is 0.0224. The third kappa shape index (κ3) is 4.00. The Hall–Kier alpha value is -3.33. The Morgan fingerprint density at radius 2 is 1.97 bits per heavy atom. The molecule has 0 aliphatic carbocycles. The third-order valence-corrected chi connectivity index (χ3v) is 5.75. The van der Waals surface area contributed by atoms with Gasteiger partial charge in [-0.2, -0.15) is 5.10 Å². The van der Waals surface area contributed by atoms with Crippen molar-refractivity contribution in [2.45, 2.75) is 25.8 Å². The van der Waals surface area contributed by atoms with Gasteiger partial charge in [0.15, 0.2) is 0 Å². The summed E-state index contributed by atoms with van der Waals surface area (Å²) in [5.41, 5.74) is 3.66. The Balaban J connectivity index is 1.67. The molecule has 2 N–H and O–H groups in total. The average molecular weight is 426 g/mol. The highest BCUT2D eigenvalue weighted by atomic mass is 16.5. The molecule has 1 aromatic carbocycles. The molecule has 31 heavy (non-hydrogen) atoms. The van der Waals surface area contributed by atoms with Crippen LogP contribution in [0.3, 0.4) is 0 Å². The molecule has 2 aliphatic rings. The number of carbonyl (C=O) groups excluding carboxylic acids is 1. The van der Waals surface area contributed by atoms with E-state index in [4.69, 9.17) is 19.7 Å². The van der Waals surface area contributed by atoms with E-state index in [9.17, 15) is 9.59 Å². The molecule has 3 heterocycles. The monoisotopic (exact) mass is 426 g/mol. The highest BCUT2D eigenvalue weighted by molar-refractivity contribution is 5.98. The Morgan fingerprint density at radius 3 is 2.61 bits per heavy atom. The van der Waals surface area contributed by atoms with E-state index < -0.39 is 5.97 Å². The van der Waals surface area contributed by atoms with Gasteiger partial charge < -0.3 is 24.8 Å². The zero-order valence-corrected chi connectivity index (χ0v) is 17.8. The molecule has 1 amide bonds. The van der Waals surface area contributed by atoms with Gasteiger partial charge in [-0.3, -0.25) is 9.59 Å². The lowest BCUT2D eigenvalue weighted by atomic mass is 9.99. The van der Waals surface area contributed by atoms with Crippen molar-refractivity contribution in [3.63, 3.8) is 0 Å². The third-order valence-electron chi connectivity index (χ3n) is 5.75. The first-order valence-electron chi connectivity index (χ1n) is 10.2. The van der Waals surface area contributed by atoms with Crippen LogP contribution in [0.4, 0.5) is 0 Å². The van der Waals surface area contributed by atoms with Crippen molar-refractivity contribution in [2.75, 3.05) is 33.9 Å². The van der Waals surface area contributed by atoms with E-state index in [0.29, 0.717) is 43.1 Å². The number of carboxylic acids is 1. The molecule has 4 rings (SSSR count). The van der Waals surface area contributed by atoms with Crippen LogP contribution in [-0.2, 0) is 11.2 Å². The second-order valence-electron chi connectivity index (χ2n) is 7.73. The van der Waals surface area contributed by atoms with Gasteiger partial charge in [0.25, 0.3) is 5.91 Å². The van der Waals surface area contributed by atoms with Gasteiger partial charge in [-0.15, -0.1) is 0 Å². The number of nitrogens with zero attached hydrogens (tertiary/aromatic N) is 3. The van der Waals surface area contributed by atoms with Gasteiger partial charge in [0.2, 0.25) is 0 Å². The van der Waals surface area contributed by atoms with E-state index >= 15 is 0 Å².